The molecule has 1 amide bonds. The first-order valence-electron chi connectivity index (χ1n) is 8.31. The predicted octanol–water partition coefficient (Wildman–Crippen LogP) is 0.920. The SMILES string of the molecule is CN1CCC(N(Cc2ccncc2)C(=O)C2COCCO2)CC1. The van der Waals surface area contributed by atoms with Crippen LogP contribution < -0.4 is 0 Å². The Morgan fingerprint density at radius 3 is 2.70 bits per heavy atom. The number of ether oxygens (including phenoxy) is 2. The zero-order valence-electron chi connectivity index (χ0n) is 13.7. The van der Waals surface area contributed by atoms with Crippen molar-refractivity contribution in [2.75, 3.05) is 40.0 Å². The zero-order valence-corrected chi connectivity index (χ0v) is 13.7. The van der Waals surface area contributed by atoms with E-state index in [-0.39, 0.29) is 11.9 Å². The molecule has 6 nitrogen and oxygen atoms in total. The molecule has 0 spiro atoms. The normalized spacial score (nSPS) is 23.6. The van der Waals surface area contributed by atoms with Crippen molar-refractivity contribution >= 4 is 5.91 Å². The van der Waals surface area contributed by atoms with Gasteiger partial charge < -0.3 is 19.3 Å². The molecule has 0 aliphatic carbocycles. The summed E-state index contributed by atoms with van der Waals surface area (Å²) < 4.78 is 11.0. The number of rotatable bonds is 4. The van der Waals surface area contributed by atoms with Gasteiger partial charge in [0.15, 0.2) is 6.10 Å². The Morgan fingerprint density at radius 2 is 2.04 bits per heavy atom. The minimum atomic E-state index is -0.467. The topological polar surface area (TPSA) is 54.9 Å². The second kappa shape index (κ2) is 7.86. The van der Waals surface area contributed by atoms with Crippen molar-refractivity contribution in [2.45, 2.75) is 31.5 Å². The summed E-state index contributed by atoms with van der Waals surface area (Å²) in [6.07, 6.45) is 5.08. The van der Waals surface area contributed by atoms with Gasteiger partial charge in [0.2, 0.25) is 0 Å². The maximum absolute atomic E-state index is 13.0. The minimum Gasteiger partial charge on any atom is -0.376 e. The van der Waals surface area contributed by atoms with E-state index in [4.69, 9.17) is 9.47 Å². The lowest BCUT2D eigenvalue weighted by Crippen LogP contribution is -2.51. The van der Waals surface area contributed by atoms with E-state index in [0.717, 1.165) is 31.5 Å². The van der Waals surface area contributed by atoms with Crippen LogP contribution in [0.4, 0.5) is 0 Å². The molecule has 0 N–H and O–H groups in total. The third-order valence-electron chi connectivity index (χ3n) is 4.61. The summed E-state index contributed by atoms with van der Waals surface area (Å²) in [5, 5.41) is 0. The fourth-order valence-corrected chi connectivity index (χ4v) is 3.19. The second-order valence-electron chi connectivity index (χ2n) is 6.29. The van der Waals surface area contributed by atoms with Gasteiger partial charge in [-0.25, -0.2) is 0 Å². The van der Waals surface area contributed by atoms with Gasteiger partial charge >= 0.3 is 0 Å². The molecule has 1 aromatic rings. The van der Waals surface area contributed by atoms with Crippen LogP contribution in [0.5, 0.6) is 0 Å². The van der Waals surface area contributed by atoms with Gasteiger partial charge in [-0.3, -0.25) is 9.78 Å². The van der Waals surface area contributed by atoms with Crippen LogP contribution in [-0.2, 0) is 20.8 Å². The summed E-state index contributed by atoms with van der Waals surface area (Å²) in [4.78, 5) is 21.3. The van der Waals surface area contributed by atoms with Crippen LogP contribution in [0, 0.1) is 0 Å². The molecule has 3 heterocycles. The number of hydrogen-bond acceptors (Lipinski definition) is 5. The fourth-order valence-electron chi connectivity index (χ4n) is 3.19. The standard InChI is InChI=1S/C17H25N3O3/c1-19-8-4-15(5-9-19)20(12-14-2-6-18-7-3-14)17(21)16-13-22-10-11-23-16/h2-3,6-7,15-16H,4-5,8-13H2,1H3. The second-order valence-corrected chi connectivity index (χ2v) is 6.29. The molecule has 2 aliphatic rings. The molecule has 1 atom stereocenters. The lowest BCUT2D eigenvalue weighted by molar-refractivity contribution is -0.161. The highest BCUT2D eigenvalue weighted by molar-refractivity contribution is 5.81. The summed E-state index contributed by atoms with van der Waals surface area (Å²) in [5.41, 5.74) is 1.10. The van der Waals surface area contributed by atoms with Crippen molar-refractivity contribution in [2.24, 2.45) is 0 Å². The third kappa shape index (κ3) is 4.28. The average Bonchev–Trinajstić information content (AvgIpc) is 2.62. The van der Waals surface area contributed by atoms with Crippen molar-refractivity contribution in [3.63, 3.8) is 0 Å². The van der Waals surface area contributed by atoms with Crippen molar-refractivity contribution in [1.29, 1.82) is 0 Å². The number of carbonyl (C=O) groups excluding carboxylic acids is 1. The lowest BCUT2D eigenvalue weighted by Gasteiger charge is -2.39. The molecule has 0 radical (unpaired) electrons. The highest BCUT2D eigenvalue weighted by Gasteiger charge is 2.33. The molecule has 6 heteroatoms. The number of pyridine rings is 1. The lowest BCUT2D eigenvalue weighted by atomic mass is 10.0. The number of amides is 1. The summed E-state index contributed by atoms with van der Waals surface area (Å²) in [6, 6.07) is 4.19. The van der Waals surface area contributed by atoms with Crippen LogP contribution in [0.25, 0.3) is 0 Å². The third-order valence-corrected chi connectivity index (χ3v) is 4.61. The fraction of sp³-hybridized carbons (Fsp3) is 0.647. The summed E-state index contributed by atoms with van der Waals surface area (Å²) in [6.45, 7) is 4.07. The Morgan fingerprint density at radius 1 is 1.30 bits per heavy atom. The van der Waals surface area contributed by atoms with E-state index >= 15 is 0 Å². The van der Waals surface area contributed by atoms with Gasteiger partial charge in [0.25, 0.3) is 5.91 Å². The maximum Gasteiger partial charge on any atom is 0.254 e. The highest BCUT2D eigenvalue weighted by Crippen LogP contribution is 2.20. The van der Waals surface area contributed by atoms with Crippen LogP contribution in [0.1, 0.15) is 18.4 Å². The van der Waals surface area contributed by atoms with Gasteiger partial charge in [-0.15, -0.1) is 0 Å². The largest absolute Gasteiger partial charge is 0.376 e. The molecular formula is C17H25N3O3. The van der Waals surface area contributed by atoms with Crippen molar-refractivity contribution in [3.8, 4) is 0 Å². The van der Waals surface area contributed by atoms with Gasteiger partial charge in [0.1, 0.15) is 0 Å². The molecule has 1 aromatic heterocycles. The first-order chi connectivity index (χ1) is 11.2. The zero-order chi connectivity index (χ0) is 16.1. The van der Waals surface area contributed by atoms with Crippen LogP contribution in [0.3, 0.4) is 0 Å². The minimum absolute atomic E-state index is 0.0519. The van der Waals surface area contributed by atoms with Crippen molar-refractivity contribution in [3.05, 3.63) is 30.1 Å². The maximum atomic E-state index is 13.0. The molecule has 126 valence electrons. The van der Waals surface area contributed by atoms with Crippen molar-refractivity contribution < 1.29 is 14.3 Å². The van der Waals surface area contributed by atoms with Gasteiger partial charge in [0.05, 0.1) is 19.8 Å². The molecule has 3 rings (SSSR count). The van der Waals surface area contributed by atoms with E-state index in [1.165, 1.54) is 0 Å². The predicted molar refractivity (Wildman–Crippen MR) is 85.9 cm³/mol. The Labute approximate surface area is 137 Å². The van der Waals surface area contributed by atoms with Crippen LogP contribution in [0.15, 0.2) is 24.5 Å². The van der Waals surface area contributed by atoms with Crippen LogP contribution >= 0.6 is 0 Å². The van der Waals surface area contributed by atoms with Gasteiger partial charge in [0, 0.05) is 25.0 Å². The molecular weight excluding hydrogens is 294 g/mol. The van der Waals surface area contributed by atoms with Crippen LogP contribution in [-0.4, -0.2) is 72.8 Å². The Kier molecular flexibility index (Phi) is 5.59. The smallest absolute Gasteiger partial charge is 0.254 e. The highest BCUT2D eigenvalue weighted by atomic mass is 16.6. The van der Waals surface area contributed by atoms with E-state index in [9.17, 15) is 4.79 Å². The summed E-state index contributed by atoms with van der Waals surface area (Å²) in [5.74, 6) is 0.0519. The van der Waals surface area contributed by atoms with E-state index in [0.29, 0.717) is 26.4 Å². The molecule has 2 fully saturated rings. The first-order valence-corrected chi connectivity index (χ1v) is 8.31. The van der Waals surface area contributed by atoms with Crippen molar-refractivity contribution in [1.82, 2.24) is 14.8 Å². The molecule has 0 bridgehead atoms. The van der Waals surface area contributed by atoms with Gasteiger partial charge in [-0.2, -0.15) is 0 Å². The molecule has 2 aliphatic heterocycles. The molecule has 0 aromatic carbocycles. The van der Waals surface area contributed by atoms with Gasteiger partial charge in [-0.1, -0.05) is 0 Å². The quantitative estimate of drug-likeness (QED) is 0.826. The summed E-state index contributed by atoms with van der Waals surface area (Å²) in [7, 11) is 2.13. The number of piperidine rings is 1. The number of hydrogen-bond donors (Lipinski definition) is 0. The monoisotopic (exact) mass is 319 g/mol. The Balaban J connectivity index is 1.73. The van der Waals surface area contributed by atoms with E-state index in [2.05, 4.69) is 16.9 Å². The first kappa shape index (κ1) is 16.4. The molecule has 0 saturated carbocycles. The number of likely N-dealkylation sites (tertiary alicyclic amines) is 1. The van der Waals surface area contributed by atoms with Gasteiger partial charge in [-0.05, 0) is 50.7 Å². The molecule has 23 heavy (non-hydrogen) atoms. The number of carbonyl (C=O) groups is 1. The van der Waals surface area contributed by atoms with E-state index < -0.39 is 6.10 Å². The number of nitrogens with zero attached hydrogens (tertiary/aromatic N) is 3. The Hall–Kier alpha value is -1.50. The Bertz CT molecular complexity index is 497. The average molecular weight is 319 g/mol. The van der Waals surface area contributed by atoms with Crippen LogP contribution in [0.2, 0.25) is 0 Å². The summed E-state index contributed by atoms with van der Waals surface area (Å²) >= 11 is 0. The van der Waals surface area contributed by atoms with E-state index in [1.807, 2.05) is 17.0 Å². The number of aromatic nitrogens is 1. The molecule has 1 unspecified atom stereocenters. The van der Waals surface area contributed by atoms with E-state index in [1.54, 1.807) is 12.4 Å². The molecule has 2 saturated heterocycles.